The summed E-state index contributed by atoms with van der Waals surface area (Å²) in [6.07, 6.45) is 0. The molecule has 108 valence electrons. The van der Waals surface area contributed by atoms with Crippen LogP contribution in [0, 0.1) is 11.6 Å². The predicted molar refractivity (Wildman–Crippen MR) is 80.8 cm³/mol. The Morgan fingerprint density at radius 1 is 0.905 bits per heavy atom. The number of nitrogens with zero attached hydrogens (tertiary/aromatic N) is 2. The van der Waals surface area contributed by atoms with Gasteiger partial charge in [0.25, 0.3) is 0 Å². The first-order valence-electron chi connectivity index (χ1n) is 5.88. The fourth-order valence-corrected chi connectivity index (χ4v) is 1.91. The number of fused-ring (bicyclic) bond motifs is 1. The van der Waals surface area contributed by atoms with Crippen molar-refractivity contribution in [1.82, 2.24) is 9.97 Å². The third-order valence-corrected chi connectivity index (χ3v) is 2.82. The van der Waals surface area contributed by atoms with Crippen molar-refractivity contribution < 1.29 is 8.78 Å². The Balaban J connectivity index is 0.00000161. The summed E-state index contributed by atoms with van der Waals surface area (Å²) in [6, 6.07) is 10.5. The van der Waals surface area contributed by atoms with Crippen LogP contribution >= 0.6 is 12.4 Å². The molecule has 21 heavy (non-hydrogen) atoms. The minimum absolute atomic E-state index is 0. The molecule has 7 heteroatoms. The lowest BCUT2D eigenvalue weighted by atomic mass is 10.2. The van der Waals surface area contributed by atoms with Gasteiger partial charge < -0.3 is 11.1 Å². The van der Waals surface area contributed by atoms with Crippen molar-refractivity contribution in [2.45, 2.75) is 0 Å². The molecule has 0 aliphatic carbocycles. The third-order valence-electron chi connectivity index (χ3n) is 2.82. The number of hydrogen-bond acceptors (Lipinski definition) is 4. The Bertz CT molecular complexity index is 795. The molecule has 0 saturated heterocycles. The van der Waals surface area contributed by atoms with Crippen LogP contribution < -0.4 is 11.1 Å². The number of rotatable bonds is 2. The van der Waals surface area contributed by atoms with Crippen molar-refractivity contribution in [3.63, 3.8) is 0 Å². The molecule has 0 amide bonds. The van der Waals surface area contributed by atoms with Gasteiger partial charge in [-0.25, -0.2) is 13.8 Å². The molecule has 4 nitrogen and oxygen atoms in total. The predicted octanol–water partition coefficient (Wildman–Crippen LogP) is 3.66. The molecule has 0 atom stereocenters. The summed E-state index contributed by atoms with van der Waals surface area (Å²) in [5, 5.41) is 2.88. The summed E-state index contributed by atoms with van der Waals surface area (Å²) >= 11 is 0. The maximum atomic E-state index is 13.6. The van der Waals surface area contributed by atoms with Gasteiger partial charge in [-0.1, -0.05) is 18.2 Å². The Morgan fingerprint density at radius 3 is 2.38 bits per heavy atom. The number of aromatic nitrogens is 2. The molecular formula is C14H11ClF2N4. The zero-order chi connectivity index (χ0) is 14.1. The summed E-state index contributed by atoms with van der Waals surface area (Å²) in [5.41, 5.74) is 6.31. The highest BCUT2D eigenvalue weighted by atomic mass is 35.5. The van der Waals surface area contributed by atoms with E-state index in [1.165, 1.54) is 18.2 Å². The molecule has 0 radical (unpaired) electrons. The van der Waals surface area contributed by atoms with Gasteiger partial charge in [0.05, 0.1) is 16.6 Å². The zero-order valence-electron chi connectivity index (χ0n) is 10.7. The quantitative estimate of drug-likeness (QED) is 0.758. The molecule has 0 aliphatic rings. The first-order valence-corrected chi connectivity index (χ1v) is 5.88. The van der Waals surface area contributed by atoms with Crippen molar-refractivity contribution in [2.24, 2.45) is 0 Å². The molecule has 0 fully saturated rings. The van der Waals surface area contributed by atoms with Crippen molar-refractivity contribution in [1.29, 1.82) is 0 Å². The number of halogens is 3. The lowest BCUT2D eigenvalue weighted by Gasteiger charge is -2.08. The smallest absolute Gasteiger partial charge is 0.229 e. The topological polar surface area (TPSA) is 63.8 Å². The standard InChI is InChI=1S/C14H10F2N4.ClH/c15-8-4-1-2-6-10(8)18-14-19-11-7-3-5-9(16)12(11)13(17)20-14;/h1-7H,(H3,17,18,19,20);1H. The van der Waals surface area contributed by atoms with E-state index >= 15 is 0 Å². The second kappa shape index (κ2) is 5.88. The highest BCUT2D eigenvalue weighted by Gasteiger charge is 2.10. The van der Waals surface area contributed by atoms with E-state index in [4.69, 9.17) is 5.73 Å². The minimum Gasteiger partial charge on any atom is -0.383 e. The van der Waals surface area contributed by atoms with E-state index in [-0.39, 0.29) is 35.2 Å². The number of nitrogens with two attached hydrogens (primary N) is 1. The van der Waals surface area contributed by atoms with Crippen LogP contribution in [0.3, 0.4) is 0 Å². The second-order valence-electron chi connectivity index (χ2n) is 4.17. The van der Waals surface area contributed by atoms with Gasteiger partial charge in [-0.15, -0.1) is 12.4 Å². The number of para-hydroxylation sites is 1. The average Bonchev–Trinajstić information content (AvgIpc) is 2.41. The van der Waals surface area contributed by atoms with Crippen molar-refractivity contribution in [2.75, 3.05) is 11.1 Å². The van der Waals surface area contributed by atoms with Gasteiger partial charge in [-0.3, -0.25) is 0 Å². The summed E-state index contributed by atoms with van der Waals surface area (Å²) in [6.45, 7) is 0. The zero-order valence-corrected chi connectivity index (χ0v) is 11.5. The summed E-state index contributed by atoms with van der Waals surface area (Å²) < 4.78 is 27.2. The van der Waals surface area contributed by atoms with E-state index < -0.39 is 11.6 Å². The highest BCUT2D eigenvalue weighted by Crippen LogP contribution is 2.24. The molecular weight excluding hydrogens is 298 g/mol. The summed E-state index contributed by atoms with van der Waals surface area (Å²) in [5.74, 6) is -0.802. The third kappa shape index (κ3) is 2.85. The van der Waals surface area contributed by atoms with Crippen LogP contribution in [-0.2, 0) is 0 Å². The van der Waals surface area contributed by atoms with Crippen LogP contribution in [0.2, 0.25) is 0 Å². The van der Waals surface area contributed by atoms with Gasteiger partial charge in [-0.2, -0.15) is 4.98 Å². The van der Waals surface area contributed by atoms with Crippen LogP contribution in [0.5, 0.6) is 0 Å². The van der Waals surface area contributed by atoms with Crippen LogP contribution in [-0.4, -0.2) is 9.97 Å². The molecule has 3 N–H and O–H groups in total. The maximum absolute atomic E-state index is 13.6. The molecule has 3 aromatic rings. The Morgan fingerprint density at radius 2 is 1.62 bits per heavy atom. The van der Waals surface area contributed by atoms with Crippen LogP contribution in [0.25, 0.3) is 10.9 Å². The number of benzene rings is 2. The highest BCUT2D eigenvalue weighted by molar-refractivity contribution is 5.89. The molecule has 0 saturated carbocycles. The lowest BCUT2D eigenvalue weighted by molar-refractivity contribution is 0.631. The largest absolute Gasteiger partial charge is 0.383 e. The molecule has 0 unspecified atom stereocenters. The normalized spacial score (nSPS) is 10.2. The number of anilines is 3. The molecule has 0 bridgehead atoms. The van der Waals surface area contributed by atoms with E-state index in [2.05, 4.69) is 15.3 Å². The Labute approximate surface area is 125 Å². The fraction of sp³-hybridized carbons (Fsp3) is 0. The summed E-state index contributed by atoms with van der Waals surface area (Å²) in [4.78, 5) is 8.07. The van der Waals surface area contributed by atoms with Gasteiger partial charge in [0.2, 0.25) is 5.95 Å². The average molecular weight is 309 g/mol. The summed E-state index contributed by atoms with van der Waals surface area (Å²) in [7, 11) is 0. The first-order chi connectivity index (χ1) is 9.65. The van der Waals surface area contributed by atoms with Gasteiger partial charge in [0.15, 0.2) is 0 Å². The second-order valence-corrected chi connectivity index (χ2v) is 4.17. The minimum atomic E-state index is -0.488. The van der Waals surface area contributed by atoms with E-state index in [0.717, 1.165) is 0 Å². The van der Waals surface area contributed by atoms with Crippen LogP contribution in [0.4, 0.5) is 26.2 Å². The number of nitrogens with one attached hydrogen (secondary N) is 1. The number of hydrogen-bond donors (Lipinski definition) is 2. The van der Waals surface area contributed by atoms with Crippen LogP contribution in [0.15, 0.2) is 42.5 Å². The van der Waals surface area contributed by atoms with Crippen molar-refractivity contribution in [3.8, 4) is 0 Å². The molecule has 3 rings (SSSR count). The fourth-order valence-electron chi connectivity index (χ4n) is 1.91. The maximum Gasteiger partial charge on any atom is 0.229 e. The first kappa shape index (κ1) is 14.9. The Kier molecular flexibility index (Phi) is 4.18. The van der Waals surface area contributed by atoms with Crippen molar-refractivity contribution >= 4 is 40.8 Å². The van der Waals surface area contributed by atoms with Crippen molar-refractivity contribution in [3.05, 3.63) is 54.1 Å². The van der Waals surface area contributed by atoms with Crippen LogP contribution in [0.1, 0.15) is 0 Å². The van der Waals surface area contributed by atoms with E-state index in [0.29, 0.717) is 5.52 Å². The number of nitrogen functional groups attached to an aromatic ring is 1. The Hall–Kier alpha value is -2.47. The van der Waals surface area contributed by atoms with Gasteiger partial charge in [0, 0.05) is 0 Å². The van der Waals surface area contributed by atoms with Gasteiger partial charge in [0.1, 0.15) is 17.5 Å². The molecule has 1 heterocycles. The molecule has 0 aliphatic heterocycles. The van der Waals surface area contributed by atoms with E-state index in [1.54, 1.807) is 24.3 Å². The molecule has 2 aromatic carbocycles. The van der Waals surface area contributed by atoms with E-state index in [1.807, 2.05) is 0 Å². The van der Waals surface area contributed by atoms with Gasteiger partial charge in [-0.05, 0) is 24.3 Å². The van der Waals surface area contributed by atoms with E-state index in [9.17, 15) is 8.78 Å². The SMILES string of the molecule is Cl.Nc1nc(Nc2ccccc2F)nc2cccc(F)c12. The molecule has 1 aromatic heterocycles. The molecule has 0 spiro atoms. The monoisotopic (exact) mass is 308 g/mol. The van der Waals surface area contributed by atoms with Gasteiger partial charge >= 0.3 is 0 Å². The lowest BCUT2D eigenvalue weighted by Crippen LogP contribution is -2.03.